The molecule has 0 N–H and O–H groups in total. The second kappa shape index (κ2) is 7.26. The molecule has 2 aromatic rings. The zero-order chi connectivity index (χ0) is 20.6. The molecule has 1 atom stereocenters. The van der Waals surface area contributed by atoms with E-state index in [0.29, 0.717) is 23.6 Å². The Bertz CT molecular complexity index is 973. The maximum atomic E-state index is 13.2. The highest BCUT2D eigenvalue weighted by atomic mass is 16.5. The predicted molar refractivity (Wildman–Crippen MR) is 101 cm³/mol. The molecular weight excluding hydrogens is 376 g/mol. The van der Waals surface area contributed by atoms with Crippen LogP contribution in [0.25, 0.3) is 0 Å². The third kappa shape index (κ3) is 2.86. The van der Waals surface area contributed by atoms with Crippen LogP contribution in [0.3, 0.4) is 0 Å². The number of esters is 1. The number of carbonyl (C=O) groups is 3. The number of rotatable bonds is 6. The summed E-state index contributed by atoms with van der Waals surface area (Å²) in [6, 6.07) is 6.79. The van der Waals surface area contributed by atoms with Crippen molar-refractivity contribution in [2.24, 2.45) is 0 Å². The lowest BCUT2D eigenvalue weighted by atomic mass is 9.97. The van der Waals surface area contributed by atoms with Gasteiger partial charge in [0.2, 0.25) is 11.6 Å². The zero-order valence-corrected chi connectivity index (χ0v) is 16.4. The van der Waals surface area contributed by atoms with Crippen LogP contribution in [0, 0.1) is 0 Å². The van der Waals surface area contributed by atoms with Gasteiger partial charge in [0.15, 0.2) is 12.4 Å². The molecule has 29 heavy (non-hydrogen) atoms. The average molecular weight is 398 g/mol. The molecule has 2 aliphatic rings. The number of ether oxygens (including phenoxy) is 1. The number of hydrogen-bond acceptors (Lipinski definition) is 7. The molecule has 0 aliphatic carbocycles. The van der Waals surface area contributed by atoms with Crippen molar-refractivity contribution in [1.82, 2.24) is 25.1 Å². The SMILES string of the molecule is CCCCn1nnnc1COC(=O)C12CCC(=O)N1c1ccccc1C(=O)N2C. The number of hydrogen-bond donors (Lipinski definition) is 0. The summed E-state index contributed by atoms with van der Waals surface area (Å²) in [4.78, 5) is 41.6. The highest BCUT2D eigenvalue weighted by molar-refractivity contribution is 6.15. The van der Waals surface area contributed by atoms with Crippen molar-refractivity contribution in [2.45, 2.75) is 51.4 Å². The standard InChI is InChI=1S/C19H22N6O4/c1-3-4-11-24-15(20-21-22-24)12-29-18(28)19-10-9-16(26)25(19)14-8-6-5-7-13(14)17(27)23(19)2/h5-8H,3-4,9-12H2,1-2H3. The minimum Gasteiger partial charge on any atom is -0.454 e. The van der Waals surface area contributed by atoms with Gasteiger partial charge in [-0.3, -0.25) is 14.5 Å². The molecule has 2 amide bonds. The van der Waals surface area contributed by atoms with Crippen LogP contribution in [-0.2, 0) is 27.5 Å². The van der Waals surface area contributed by atoms with Crippen molar-refractivity contribution in [3.05, 3.63) is 35.7 Å². The van der Waals surface area contributed by atoms with Crippen LogP contribution in [0.4, 0.5) is 5.69 Å². The molecule has 0 spiro atoms. The Morgan fingerprint density at radius 1 is 1.28 bits per heavy atom. The van der Waals surface area contributed by atoms with E-state index in [1.165, 1.54) is 16.8 Å². The monoisotopic (exact) mass is 398 g/mol. The Labute approximate surface area is 167 Å². The van der Waals surface area contributed by atoms with Crippen molar-refractivity contribution < 1.29 is 19.1 Å². The third-order valence-corrected chi connectivity index (χ3v) is 5.53. The first kappa shape index (κ1) is 19.0. The largest absolute Gasteiger partial charge is 0.454 e. The third-order valence-electron chi connectivity index (χ3n) is 5.53. The van der Waals surface area contributed by atoms with Crippen LogP contribution < -0.4 is 4.90 Å². The summed E-state index contributed by atoms with van der Waals surface area (Å²) in [6.07, 6.45) is 2.19. The molecule has 0 bridgehead atoms. The molecule has 152 valence electrons. The highest BCUT2D eigenvalue weighted by Gasteiger charge is 2.60. The Hall–Kier alpha value is -3.30. The van der Waals surface area contributed by atoms with Gasteiger partial charge < -0.3 is 9.64 Å². The summed E-state index contributed by atoms with van der Waals surface area (Å²) in [5, 5.41) is 11.5. The van der Waals surface area contributed by atoms with Gasteiger partial charge in [-0.15, -0.1) is 5.10 Å². The number of likely N-dealkylation sites (N-methyl/N-ethyl adjacent to an activating group) is 1. The number of tetrazole rings is 1. The Morgan fingerprint density at radius 2 is 2.07 bits per heavy atom. The lowest BCUT2D eigenvalue weighted by Crippen LogP contribution is -2.67. The normalized spacial score (nSPS) is 20.6. The molecule has 0 radical (unpaired) electrons. The highest BCUT2D eigenvalue weighted by Crippen LogP contribution is 2.44. The van der Waals surface area contributed by atoms with Crippen LogP contribution in [0.2, 0.25) is 0 Å². The summed E-state index contributed by atoms with van der Waals surface area (Å²) in [7, 11) is 1.52. The Balaban J connectivity index is 1.63. The van der Waals surface area contributed by atoms with Crippen molar-refractivity contribution >= 4 is 23.5 Å². The first-order chi connectivity index (χ1) is 14.0. The van der Waals surface area contributed by atoms with Gasteiger partial charge in [-0.25, -0.2) is 9.48 Å². The van der Waals surface area contributed by atoms with E-state index in [-0.39, 0.29) is 31.3 Å². The van der Waals surface area contributed by atoms with E-state index in [1.54, 1.807) is 28.9 Å². The second-order valence-electron chi connectivity index (χ2n) is 7.18. The Morgan fingerprint density at radius 3 is 2.86 bits per heavy atom. The fourth-order valence-electron chi connectivity index (χ4n) is 3.94. The molecule has 1 aromatic heterocycles. The molecule has 4 rings (SSSR count). The maximum Gasteiger partial charge on any atom is 0.354 e. The Kier molecular flexibility index (Phi) is 4.77. The summed E-state index contributed by atoms with van der Waals surface area (Å²) >= 11 is 0. The van der Waals surface area contributed by atoms with Gasteiger partial charge in [0.05, 0.1) is 11.3 Å². The smallest absolute Gasteiger partial charge is 0.354 e. The molecule has 1 aromatic carbocycles. The van der Waals surface area contributed by atoms with Gasteiger partial charge in [0.25, 0.3) is 5.91 Å². The molecule has 10 heteroatoms. The first-order valence-electron chi connectivity index (χ1n) is 9.63. The van der Waals surface area contributed by atoms with Crippen LogP contribution in [-0.4, -0.2) is 55.6 Å². The molecule has 1 fully saturated rings. The number of anilines is 1. The number of benzene rings is 1. The van der Waals surface area contributed by atoms with E-state index >= 15 is 0 Å². The summed E-state index contributed by atoms with van der Waals surface area (Å²) < 4.78 is 7.14. The van der Waals surface area contributed by atoms with Gasteiger partial charge in [-0.2, -0.15) is 0 Å². The van der Waals surface area contributed by atoms with Gasteiger partial charge in [0, 0.05) is 26.4 Å². The van der Waals surface area contributed by atoms with E-state index in [1.807, 2.05) is 0 Å². The minimum atomic E-state index is -1.50. The van der Waals surface area contributed by atoms with Crippen molar-refractivity contribution in [2.75, 3.05) is 11.9 Å². The fourth-order valence-corrected chi connectivity index (χ4v) is 3.94. The van der Waals surface area contributed by atoms with E-state index in [4.69, 9.17) is 4.74 Å². The number of carbonyl (C=O) groups excluding carboxylic acids is 3. The minimum absolute atomic E-state index is 0.136. The van der Waals surface area contributed by atoms with Gasteiger partial charge >= 0.3 is 5.97 Å². The lowest BCUT2D eigenvalue weighted by Gasteiger charge is -2.46. The van der Waals surface area contributed by atoms with Gasteiger partial charge in [-0.05, 0) is 29.0 Å². The van der Waals surface area contributed by atoms with Crippen molar-refractivity contribution in [3.8, 4) is 0 Å². The molecule has 0 saturated carbocycles. The van der Waals surface area contributed by atoms with E-state index in [2.05, 4.69) is 22.4 Å². The predicted octanol–water partition coefficient (Wildman–Crippen LogP) is 1.13. The van der Waals surface area contributed by atoms with Gasteiger partial charge in [0.1, 0.15) is 0 Å². The number of unbranched alkanes of at least 4 members (excludes halogenated alkanes) is 1. The number of aromatic nitrogens is 4. The molecule has 1 unspecified atom stereocenters. The van der Waals surface area contributed by atoms with E-state index < -0.39 is 11.6 Å². The molecule has 10 nitrogen and oxygen atoms in total. The van der Waals surface area contributed by atoms with Crippen LogP contribution in [0.5, 0.6) is 0 Å². The second-order valence-corrected chi connectivity index (χ2v) is 7.18. The first-order valence-corrected chi connectivity index (χ1v) is 9.63. The van der Waals surface area contributed by atoms with Crippen LogP contribution in [0.15, 0.2) is 24.3 Å². The summed E-state index contributed by atoms with van der Waals surface area (Å²) in [5.74, 6) is -0.791. The number of amides is 2. The fraction of sp³-hybridized carbons (Fsp3) is 0.474. The zero-order valence-electron chi connectivity index (χ0n) is 16.4. The van der Waals surface area contributed by atoms with E-state index in [9.17, 15) is 14.4 Å². The van der Waals surface area contributed by atoms with E-state index in [0.717, 1.165) is 12.8 Å². The average Bonchev–Trinajstić information content (AvgIpc) is 3.33. The number of para-hydroxylation sites is 1. The molecule has 2 aliphatic heterocycles. The molecule has 1 saturated heterocycles. The van der Waals surface area contributed by atoms with Gasteiger partial charge in [-0.1, -0.05) is 25.5 Å². The quantitative estimate of drug-likeness (QED) is 0.671. The lowest BCUT2D eigenvalue weighted by molar-refractivity contribution is -0.158. The van der Waals surface area contributed by atoms with Crippen LogP contribution >= 0.6 is 0 Å². The van der Waals surface area contributed by atoms with Crippen LogP contribution in [0.1, 0.15) is 48.8 Å². The maximum absolute atomic E-state index is 13.2. The number of nitrogens with zero attached hydrogens (tertiary/aromatic N) is 6. The number of aryl methyl sites for hydroxylation is 1. The summed E-state index contributed by atoms with van der Waals surface area (Å²) in [6.45, 7) is 2.55. The summed E-state index contributed by atoms with van der Waals surface area (Å²) in [5.41, 5.74) is -0.676. The molecular formula is C19H22N6O4. The molecule has 3 heterocycles. The number of fused-ring (bicyclic) bond motifs is 3. The topological polar surface area (TPSA) is 111 Å². The van der Waals surface area contributed by atoms with Crippen molar-refractivity contribution in [1.29, 1.82) is 0 Å². The van der Waals surface area contributed by atoms with Crippen molar-refractivity contribution in [3.63, 3.8) is 0 Å².